The Balaban J connectivity index is 1.68. The molecule has 0 bridgehead atoms. The molecule has 3 heterocycles. The summed E-state index contributed by atoms with van der Waals surface area (Å²) in [4.78, 5) is 2.36. The number of furan rings is 2. The third-order valence-corrected chi connectivity index (χ3v) is 4.50. The second kappa shape index (κ2) is 7.49. The maximum atomic E-state index is 10.4. The Labute approximate surface area is 136 Å². The number of likely N-dealkylation sites (tertiary alicyclic amines) is 1. The van der Waals surface area contributed by atoms with E-state index in [1.807, 2.05) is 18.2 Å². The van der Waals surface area contributed by atoms with Crippen LogP contribution >= 0.6 is 0 Å². The molecule has 122 valence electrons. The lowest BCUT2D eigenvalue weighted by atomic mass is 10.0. The van der Waals surface area contributed by atoms with Crippen LogP contribution in [-0.4, -0.2) is 22.6 Å². The molecule has 1 aliphatic heterocycles. The second-order valence-corrected chi connectivity index (χ2v) is 6.12. The standard InChI is InChI=1S/C18H22N2O3/c19-12-15-7-8-16(23-15)13-20-9-3-1-2-5-14(20)11-17(21)18-6-4-10-22-18/h4,6-8,10,14,17,21H,1-3,5,9,11,13H2. The Morgan fingerprint density at radius 2 is 2.22 bits per heavy atom. The van der Waals surface area contributed by atoms with Crippen molar-refractivity contribution in [1.82, 2.24) is 4.90 Å². The van der Waals surface area contributed by atoms with E-state index >= 15 is 0 Å². The summed E-state index contributed by atoms with van der Waals surface area (Å²) in [6.45, 7) is 1.66. The highest BCUT2D eigenvalue weighted by atomic mass is 16.4. The fraction of sp³-hybridized carbons (Fsp3) is 0.500. The molecule has 2 aromatic heterocycles. The van der Waals surface area contributed by atoms with Crippen molar-refractivity contribution in [2.45, 2.75) is 50.8 Å². The number of nitrogens with zero attached hydrogens (tertiary/aromatic N) is 2. The molecule has 0 aliphatic carbocycles. The molecule has 2 unspecified atom stereocenters. The van der Waals surface area contributed by atoms with Crippen LogP contribution in [-0.2, 0) is 6.54 Å². The number of hydrogen-bond acceptors (Lipinski definition) is 5. The number of hydrogen-bond donors (Lipinski definition) is 1. The Morgan fingerprint density at radius 3 is 2.96 bits per heavy atom. The van der Waals surface area contributed by atoms with Gasteiger partial charge in [0.15, 0.2) is 0 Å². The van der Waals surface area contributed by atoms with Crippen molar-refractivity contribution in [1.29, 1.82) is 5.26 Å². The van der Waals surface area contributed by atoms with E-state index in [-0.39, 0.29) is 6.04 Å². The maximum absolute atomic E-state index is 10.4. The quantitative estimate of drug-likeness (QED) is 0.912. The first-order valence-corrected chi connectivity index (χ1v) is 8.20. The smallest absolute Gasteiger partial charge is 0.203 e. The number of rotatable bonds is 5. The van der Waals surface area contributed by atoms with Crippen molar-refractivity contribution >= 4 is 0 Å². The maximum Gasteiger partial charge on any atom is 0.203 e. The highest BCUT2D eigenvalue weighted by Crippen LogP contribution is 2.28. The third-order valence-electron chi connectivity index (χ3n) is 4.50. The van der Waals surface area contributed by atoms with Crippen molar-refractivity contribution in [3.05, 3.63) is 47.8 Å². The molecule has 1 aliphatic rings. The molecular weight excluding hydrogens is 292 g/mol. The molecule has 3 rings (SSSR count). The van der Waals surface area contributed by atoms with Crippen LogP contribution in [0, 0.1) is 11.3 Å². The van der Waals surface area contributed by atoms with Gasteiger partial charge in [-0.3, -0.25) is 4.90 Å². The van der Waals surface area contributed by atoms with E-state index < -0.39 is 6.10 Å². The summed E-state index contributed by atoms with van der Waals surface area (Å²) in [5, 5.41) is 19.3. The molecule has 0 spiro atoms. The molecule has 0 amide bonds. The normalized spacial score (nSPS) is 20.8. The van der Waals surface area contributed by atoms with Crippen molar-refractivity contribution in [3.63, 3.8) is 0 Å². The van der Waals surface area contributed by atoms with Gasteiger partial charge in [-0.15, -0.1) is 0 Å². The first-order chi connectivity index (χ1) is 11.3. The molecule has 5 heteroatoms. The SMILES string of the molecule is N#Cc1ccc(CN2CCCCCC2CC(O)c2ccco2)o1. The van der Waals surface area contributed by atoms with E-state index in [0.29, 0.717) is 24.5 Å². The van der Waals surface area contributed by atoms with Crippen LogP contribution in [0.3, 0.4) is 0 Å². The summed E-state index contributed by atoms with van der Waals surface area (Å²) in [7, 11) is 0. The van der Waals surface area contributed by atoms with Crippen LogP contribution in [0.15, 0.2) is 39.4 Å². The Bertz CT molecular complexity index is 642. The monoisotopic (exact) mass is 314 g/mol. The zero-order valence-corrected chi connectivity index (χ0v) is 13.1. The predicted octanol–water partition coefficient (Wildman–Crippen LogP) is 3.61. The summed E-state index contributed by atoms with van der Waals surface area (Å²) in [5.41, 5.74) is 0. The van der Waals surface area contributed by atoms with Gasteiger partial charge < -0.3 is 13.9 Å². The molecule has 0 radical (unpaired) electrons. The van der Waals surface area contributed by atoms with Gasteiger partial charge in [0, 0.05) is 6.04 Å². The lowest BCUT2D eigenvalue weighted by molar-refractivity contribution is 0.0798. The van der Waals surface area contributed by atoms with Gasteiger partial charge in [0.2, 0.25) is 5.76 Å². The summed E-state index contributed by atoms with van der Waals surface area (Å²) in [6, 6.07) is 9.50. The summed E-state index contributed by atoms with van der Waals surface area (Å²) in [6.07, 6.45) is 6.26. The first kappa shape index (κ1) is 15.9. The van der Waals surface area contributed by atoms with Gasteiger partial charge in [0.05, 0.1) is 12.8 Å². The fourth-order valence-electron chi connectivity index (χ4n) is 3.29. The van der Waals surface area contributed by atoms with E-state index in [1.165, 1.54) is 12.8 Å². The van der Waals surface area contributed by atoms with Gasteiger partial charge in [-0.2, -0.15) is 5.26 Å². The molecule has 23 heavy (non-hydrogen) atoms. The van der Waals surface area contributed by atoms with Gasteiger partial charge in [-0.1, -0.05) is 12.8 Å². The van der Waals surface area contributed by atoms with Crippen LogP contribution in [0.4, 0.5) is 0 Å². The second-order valence-electron chi connectivity index (χ2n) is 6.12. The van der Waals surface area contributed by atoms with Crippen molar-refractivity contribution in [3.8, 4) is 6.07 Å². The van der Waals surface area contributed by atoms with Crippen molar-refractivity contribution in [2.24, 2.45) is 0 Å². The molecule has 1 N–H and O–H groups in total. The first-order valence-electron chi connectivity index (χ1n) is 8.20. The molecule has 2 aromatic rings. The Morgan fingerprint density at radius 1 is 1.30 bits per heavy atom. The number of aliphatic hydroxyl groups is 1. The number of aliphatic hydroxyl groups excluding tert-OH is 1. The molecule has 1 fully saturated rings. The highest BCUT2D eigenvalue weighted by molar-refractivity contribution is 5.19. The van der Waals surface area contributed by atoms with Gasteiger partial charge in [0.1, 0.15) is 23.7 Å². The number of nitriles is 1. The lowest BCUT2D eigenvalue weighted by Crippen LogP contribution is -2.35. The van der Waals surface area contributed by atoms with Gasteiger partial charge in [-0.25, -0.2) is 0 Å². The van der Waals surface area contributed by atoms with Gasteiger partial charge >= 0.3 is 0 Å². The molecule has 1 saturated heterocycles. The van der Waals surface area contributed by atoms with Crippen LogP contribution in [0.25, 0.3) is 0 Å². The van der Waals surface area contributed by atoms with Gasteiger partial charge in [0.25, 0.3) is 0 Å². The van der Waals surface area contributed by atoms with Crippen LogP contribution in [0.2, 0.25) is 0 Å². The summed E-state index contributed by atoms with van der Waals surface area (Å²) >= 11 is 0. The van der Waals surface area contributed by atoms with Crippen LogP contribution in [0.1, 0.15) is 55.5 Å². The molecule has 0 aromatic carbocycles. The van der Waals surface area contributed by atoms with Crippen LogP contribution in [0.5, 0.6) is 0 Å². The summed E-state index contributed by atoms with van der Waals surface area (Å²) in [5.74, 6) is 1.78. The minimum Gasteiger partial charge on any atom is -0.467 e. The lowest BCUT2D eigenvalue weighted by Gasteiger charge is -2.30. The van der Waals surface area contributed by atoms with E-state index in [1.54, 1.807) is 18.4 Å². The molecule has 0 saturated carbocycles. The zero-order valence-electron chi connectivity index (χ0n) is 13.1. The Kier molecular flexibility index (Phi) is 5.16. The largest absolute Gasteiger partial charge is 0.467 e. The minimum absolute atomic E-state index is 0.285. The van der Waals surface area contributed by atoms with Crippen molar-refractivity contribution in [2.75, 3.05) is 6.54 Å². The highest BCUT2D eigenvalue weighted by Gasteiger charge is 2.26. The van der Waals surface area contributed by atoms with E-state index in [9.17, 15) is 5.11 Å². The van der Waals surface area contributed by atoms with E-state index in [2.05, 4.69) is 4.90 Å². The average molecular weight is 314 g/mol. The molecule has 2 atom stereocenters. The fourth-order valence-corrected chi connectivity index (χ4v) is 3.29. The van der Waals surface area contributed by atoms with E-state index in [4.69, 9.17) is 14.1 Å². The topological polar surface area (TPSA) is 73.5 Å². The zero-order chi connectivity index (χ0) is 16.1. The average Bonchev–Trinajstić information content (AvgIpc) is 3.19. The summed E-state index contributed by atoms with van der Waals surface area (Å²) < 4.78 is 10.8. The minimum atomic E-state index is -0.582. The molecule has 5 nitrogen and oxygen atoms in total. The van der Waals surface area contributed by atoms with Gasteiger partial charge in [-0.05, 0) is 50.1 Å². The Hall–Kier alpha value is -2.03. The molecular formula is C18H22N2O3. The van der Waals surface area contributed by atoms with Crippen LogP contribution < -0.4 is 0 Å². The predicted molar refractivity (Wildman–Crippen MR) is 84.4 cm³/mol. The van der Waals surface area contributed by atoms with E-state index in [0.717, 1.165) is 25.1 Å². The third kappa shape index (κ3) is 4.04. The van der Waals surface area contributed by atoms with Crippen molar-refractivity contribution < 1.29 is 13.9 Å².